The van der Waals surface area contributed by atoms with Gasteiger partial charge in [0.15, 0.2) is 0 Å². The Morgan fingerprint density at radius 1 is 0.500 bits per heavy atom. The van der Waals surface area contributed by atoms with Crippen molar-refractivity contribution in [1.82, 2.24) is 4.98 Å². The molecule has 0 unspecified atom stereocenters. The van der Waals surface area contributed by atoms with Crippen LogP contribution in [0.3, 0.4) is 0 Å². The number of aryl methyl sites for hydroxylation is 1. The standard InChI is InChI=1S/C40H30N2/c1-29-21-26-38(41-28-29)42(35-24-22-31(23-25-35)30-13-5-2-6-14-30)40-36-20-12-11-19-34(36)27-37(32-15-7-3-8-16-32)39(40)33-17-9-4-10-18-33/h2-28H,1H3. The van der Waals surface area contributed by atoms with Gasteiger partial charge in [0.2, 0.25) is 0 Å². The number of benzene rings is 6. The lowest BCUT2D eigenvalue weighted by Crippen LogP contribution is -2.14. The van der Waals surface area contributed by atoms with E-state index in [0.717, 1.165) is 28.3 Å². The van der Waals surface area contributed by atoms with Crippen LogP contribution in [0.5, 0.6) is 0 Å². The lowest BCUT2D eigenvalue weighted by atomic mass is 9.88. The molecule has 0 aliphatic rings. The second-order valence-electron chi connectivity index (χ2n) is 10.5. The van der Waals surface area contributed by atoms with Gasteiger partial charge in [-0.15, -0.1) is 0 Å². The molecule has 0 aliphatic heterocycles. The van der Waals surface area contributed by atoms with E-state index in [4.69, 9.17) is 4.98 Å². The molecule has 0 bridgehead atoms. The van der Waals surface area contributed by atoms with Crippen LogP contribution in [0.25, 0.3) is 44.2 Å². The highest BCUT2D eigenvalue weighted by molar-refractivity contribution is 6.11. The number of rotatable bonds is 6. The van der Waals surface area contributed by atoms with E-state index in [-0.39, 0.29) is 0 Å². The third kappa shape index (κ3) is 4.84. The van der Waals surface area contributed by atoms with E-state index in [1.54, 1.807) is 0 Å². The van der Waals surface area contributed by atoms with Gasteiger partial charge >= 0.3 is 0 Å². The molecule has 2 heteroatoms. The van der Waals surface area contributed by atoms with Crippen LogP contribution in [0.2, 0.25) is 0 Å². The van der Waals surface area contributed by atoms with Crippen molar-refractivity contribution in [3.05, 3.63) is 169 Å². The Labute approximate surface area is 247 Å². The van der Waals surface area contributed by atoms with Crippen molar-refractivity contribution in [3.8, 4) is 33.4 Å². The molecule has 7 rings (SSSR count). The van der Waals surface area contributed by atoms with Gasteiger partial charge in [0.25, 0.3) is 0 Å². The Morgan fingerprint density at radius 2 is 1.07 bits per heavy atom. The van der Waals surface area contributed by atoms with Gasteiger partial charge in [0.1, 0.15) is 5.82 Å². The summed E-state index contributed by atoms with van der Waals surface area (Å²) in [6.07, 6.45) is 1.95. The zero-order valence-electron chi connectivity index (χ0n) is 23.5. The summed E-state index contributed by atoms with van der Waals surface area (Å²) in [5.74, 6) is 0.876. The van der Waals surface area contributed by atoms with E-state index in [1.165, 1.54) is 38.6 Å². The summed E-state index contributed by atoms with van der Waals surface area (Å²) < 4.78 is 0. The topological polar surface area (TPSA) is 16.1 Å². The van der Waals surface area contributed by atoms with Gasteiger partial charge in [-0.05, 0) is 70.0 Å². The van der Waals surface area contributed by atoms with Crippen LogP contribution >= 0.6 is 0 Å². The van der Waals surface area contributed by atoms with Crippen LogP contribution in [0, 0.1) is 6.92 Å². The highest BCUT2D eigenvalue weighted by atomic mass is 15.2. The van der Waals surface area contributed by atoms with Crippen LogP contribution in [0.1, 0.15) is 5.56 Å². The highest BCUT2D eigenvalue weighted by Crippen LogP contribution is 2.49. The summed E-state index contributed by atoms with van der Waals surface area (Å²) in [7, 11) is 0. The Morgan fingerprint density at radius 3 is 1.71 bits per heavy atom. The molecule has 0 saturated heterocycles. The molecule has 1 heterocycles. The fourth-order valence-electron chi connectivity index (χ4n) is 5.70. The molecule has 200 valence electrons. The maximum absolute atomic E-state index is 4.98. The van der Waals surface area contributed by atoms with Gasteiger partial charge in [0.05, 0.1) is 5.69 Å². The molecule has 0 fully saturated rings. The number of pyridine rings is 1. The van der Waals surface area contributed by atoms with Gasteiger partial charge in [-0.1, -0.05) is 133 Å². The molecule has 0 N–H and O–H groups in total. The first-order valence-corrected chi connectivity index (χ1v) is 14.3. The molecule has 0 aliphatic carbocycles. The third-order valence-corrected chi connectivity index (χ3v) is 7.75. The van der Waals surface area contributed by atoms with Crippen LogP contribution in [-0.2, 0) is 0 Å². The van der Waals surface area contributed by atoms with Gasteiger partial charge < -0.3 is 0 Å². The Kier molecular flexibility index (Phi) is 6.79. The van der Waals surface area contributed by atoms with Crippen molar-refractivity contribution >= 4 is 28.0 Å². The summed E-state index contributed by atoms with van der Waals surface area (Å²) in [5, 5.41) is 2.36. The molecule has 0 atom stereocenters. The molecular formula is C40H30N2. The van der Waals surface area contributed by atoms with Gasteiger partial charge in [-0.3, -0.25) is 4.90 Å². The second-order valence-corrected chi connectivity index (χ2v) is 10.5. The van der Waals surface area contributed by atoms with Gasteiger partial charge in [-0.2, -0.15) is 0 Å². The maximum Gasteiger partial charge on any atom is 0.137 e. The summed E-state index contributed by atoms with van der Waals surface area (Å²) in [5.41, 5.74) is 10.4. The van der Waals surface area contributed by atoms with Crippen molar-refractivity contribution in [3.63, 3.8) is 0 Å². The van der Waals surface area contributed by atoms with Crippen molar-refractivity contribution in [2.24, 2.45) is 0 Å². The Hall–Kier alpha value is -5.47. The number of hydrogen-bond donors (Lipinski definition) is 0. The lowest BCUT2D eigenvalue weighted by Gasteiger charge is -2.30. The Bertz CT molecular complexity index is 1950. The van der Waals surface area contributed by atoms with Crippen molar-refractivity contribution in [1.29, 1.82) is 0 Å². The van der Waals surface area contributed by atoms with E-state index in [9.17, 15) is 0 Å². The first-order valence-electron chi connectivity index (χ1n) is 14.3. The summed E-state index contributed by atoms with van der Waals surface area (Å²) in [6, 6.07) is 56.0. The van der Waals surface area contributed by atoms with Crippen LogP contribution in [-0.4, -0.2) is 4.98 Å². The number of nitrogens with zero attached hydrogens (tertiary/aromatic N) is 2. The highest BCUT2D eigenvalue weighted by Gasteiger charge is 2.24. The number of anilines is 3. The maximum atomic E-state index is 4.98. The van der Waals surface area contributed by atoms with Crippen molar-refractivity contribution in [2.45, 2.75) is 6.92 Å². The molecule has 6 aromatic carbocycles. The molecular weight excluding hydrogens is 508 g/mol. The predicted octanol–water partition coefficient (Wildman–Crippen LogP) is 11.0. The smallest absolute Gasteiger partial charge is 0.137 e. The number of aromatic nitrogens is 1. The minimum atomic E-state index is 0.876. The third-order valence-electron chi connectivity index (χ3n) is 7.75. The van der Waals surface area contributed by atoms with Crippen molar-refractivity contribution in [2.75, 3.05) is 4.90 Å². The lowest BCUT2D eigenvalue weighted by molar-refractivity contribution is 1.17. The molecule has 0 spiro atoms. The number of hydrogen-bond acceptors (Lipinski definition) is 2. The van der Waals surface area contributed by atoms with Crippen LogP contribution in [0.4, 0.5) is 17.2 Å². The first-order chi connectivity index (χ1) is 20.8. The normalized spacial score (nSPS) is 11.0. The van der Waals surface area contributed by atoms with Gasteiger partial charge in [0, 0.05) is 22.8 Å². The van der Waals surface area contributed by atoms with E-state index in [2.05, 4.69) is 170 Å². The van der Waals surface area contributed by atoms with E-state index in [1.807, 2.05) is 6.20 Å². The summed E-state index contributed by atoms with van der Waals surface area (Å²) in [4.78, 5) is 7.31. The van der Waals surface area contributed by atoms with Gasteiger partial charge in [-0.25, -0.2) is 4.98 Å². The van der Waals surface area contributed by atoms with Crippen LogP contribution in [0.15, 0.2) is 164 Å². The fourth-order valence-corrected chi connectivity index (χ4v) is 5.70. The molecule has 0 saturated carbocycles. The monoisotopic (exact) mass is 538 g/mol. The van der Waals surface area contributed by atoms with E-state index >= 15 is 0 Å². The van der Waals surface area contributed by atoms with E-state index in [0.29, 0.717) is 0 Å². The largest absolute Gasteiger partial charge is 0.294 e. The number of fused-ring (bicyclic) bond motifs is 1. The molecule has 0 amide bonds. The summed E-state index contributed by atoms with van der Waals surface area (Å²) >= 11 is 0. The first kappa shape index (κ1) is 25.5. The quantitative estimate of drug-likeness (QED) is 0.209. The average Bonchev–Trinajstić information content (AvgIpc) is 3.07. The van der Waals surface area contributed by atoms with E-state index < -0.39 is 0 Å². The molecule has 2 nitrogen and oxygen atoms in total. The summed E-state index contributed by atoms with van der Waals surface area (Å²) in [6.45, 7) is 2.08. The molecule has 0 radical (unpaired) electrons. The minimum absolute atomic E-state index is 0.876. The average molecular weight is 539 g/mol. The SMILES string of the molecule is Cc1ccc(N(c2ccc(-c3ccccc3)cc2)c2c(-c3ccccc3)c(-c3ccccc3)cc3ccccc23)nc1. The predicted molar refractivity (Wildman–Crippen MR) is 177 cm³/mol. The van der Waals surface area contributed by atoms with Crippen LogP contribution < -0.4 is 4.90 Å². The zero-order valence-corrected chi connectivity index (χ0v) is 23.5. The molecule has 1 aromatic heterocycles. The fraction of sp³-hybridized carbons (Fsp3) is 0.0250. The molecule has 42 heavy (non-hydrogen) atoms. The molecule has 7 aromatic rings. The van der Waals surface area contributed by atoms with Crippen molar-refractivity contribution < 1.29 is 0 Å². The Balaban J connectivity index is 1.56. The second kappa shape index (κ2) is 11.2. The zero-order chi connectivity index (χ0) is 28.3. The minimum Gasteiger partial charge on any atom is -0.294 e.